The summed E-state index contributed by atoms with van der Waals surface area (Å²) < 4.78 is 16.6. The topological polar surface area (TPSA) is 115 Å². The molecule has 0 saturated carbocycles. The fourth-order valence-corrected chi connectivity index (χ4v) is 5.03. The van der Waals surface area contributed by atoms with Crippen molar-refractivity contribution >= 4 is 34.9 Å². The van der Waals surface area contributed by atoms with Crippen molar-refractivity contribution in [1.82, 2.24) is 9.97 Å². The summed E-state index contributed by atoms with van der Waals surface area (Å²) >= 11 is 0. The lowest BCUT2D eigenvalue weighted by molar-refractivity contribution is 0.208. The summed E-state index contributed by atoms with van der Waals surface area (Å²) in [5.74, 6) is 1.89. The molecule has 0 spiro atoms. The zero-order valence-corrected chi connectivity index (χ0v) is 24.3. The molecule has 5 rings (SSSR count). The number of aromatic nitrogens is 2. The minimum atomic E-state index is -0.647. The van der Waals surface area contributed by atoms with Crippen LogP contribution < -0.4 is 35.1 Å². The Bertz CT molecular complexity index is 1520. The Labute approximate surface area is 246 Å². The SMILES string of the molecule is COc1ccc(OC(=O)N(c2ccnc(Nc3ccc(N4CCC(N)CC4)cc3)n2)c2c(C)cccc2C)c(OC)c1. The van der Waals surface area contributed by atoms with Crippen LogP contribution in [0, 0.1) is 13.8 Å². The summed E-state index contributed by atoms with van der Waals surface area (Å²) in [6.45, 7) is 5.78. The monoisotopic (exact) mass is 568 g/mol. The molecule has 0 radical (unpaired) electrons. The number of aryl methyl sites for hydroxylation is 2. The second-order valence-corrected chi connectivity index (χ2v) is 10.2. The molecule has 1 aromatic heterocycles. The van der Waals surface area contributed by atoms with Gasteiger partial charge in [-0.3, -0.25) is 0 Å². The average molecular weight is 569 g/mol. The number of anilines is 5. The van der Waals surface area contributed by atoms with Gasteiger partial charge in [-0.1, -0.05) is 18.2 Å². The van der Waals surface area contributed by atoms with Crippen molar-refractivity contribution in [2.45, 2.75) is 32.7 Å². The zero-order chi connectivity index (χ0) is 29.6. The first-order valence-electron chi connectivity index (χ1n) is 13.9. The van der Waals surface area contributed by atoms with E-state index in [2.05, 4.69) is 27.3 Å². The van der Waals surface area contributed by atoms with E-state index in [1.165, 1.54) is 12.0 Å². The van der Waals surface area contributed by atoms with Crippen molar-refractivity contribution < 1.29 is 19.0 Å². The number of nitrogens with two attached hydrogens (primary N) is 1. The predicted molar refractivity (Wildman–Crippen MR) is 165 cm³/mol. The Kier molecular flexibility index (Phi) is 8.73. The molecule has 1 aliphatic heterocycles. The molecular weight excluding hydrogens is 532 g/mol. The number of amides is 1. The predicted octanol–water partition coefficient (Wildman–Crippen LogP) is 6.12. The van der Waals surface area contributed by atoms with Crippen molar-refractivity contribution in [3.63, 3.8) is 0 Å². The lowest BCUT2D eigenvalue weighted by atomic mass is 10.1. The van der Waals surface area contributed by atoms with E-state index in [0.29, 0.717) is 29.0 Å². The highest BCUT2D eigenvalue weighted by atomic mass is 16.6. The minimum Gasteiger partial charge on any atom is -0.497 e. The van der Waals surface area contributed by atoms with Gasteiger partial charge in [0.05, 0.1) is 19.9 Å². The summed E-state index contributed by atoms with van der Waals surface area (Å²) in [4.78, 5) is 26.7. The highest BCUT2D eigenvalue weighted by Crippen LogP contribution is 2.35. The molecule has 1 saturated heterocycles. The third-order valence-electron chi connectivity index (χ3n) is 7.31. The number of benzene rings is 3. The van der Waals surface area contributed by atoms with Crippen LogP contribution in [-0.4, -0.2) is 49.4 Å². The molecular formula is C32H36N6O4. The number of hydrogen-bond donors (Lipinski definition) is 2. The lowest BCUT2D eigenvalue weighted by Crippen LogP contribution is -2.39. The van der Waals surface area contributed by atoms with Gasteiger partial charge in [-0.2, -0.15) is 4.98 Å². The van der Waals surface area contributed by atoms with Gasteiger partial charge in [-0.05, 0) is 74.2 Å². The van der Waals surface area contributed by atoms with Crippen LogP contribution in [0.4, 0.5) is 33.6 Å². The number of ether oxygens (including phenoxy) is 3. The molecule has 3 N–H and O–H groups in total. The molecule has 10 heteroatoms. The number of carbonyl (C=O) groups is 1. The largest absolute Gasteiger partial charge is 0.497 e. The van der Waals surface area contributed by atoms with Gasteiger partial charge in [0.1, 0.15) is 11.6 Å². The summed E-state index contributed by atoms with van der Waals surface area (Å²) in [6, 6.07) is 20.9. The van der Waals surface area contributed by atoms with Crippen LogP contribution in [0.25, 0.3) is 0 Å². The van der Waals surface area contributed by atoms with Crippen molar-refractivity contribution in [3.05, 3.63) is 84.1 Å². The fraction of sp³-hybridized carbons (Fsp3) is 0.281. The maximum atomic E-state index is 13.8. The smallest absolute Gasteiger partial charge is 0.425 e. The van der Waals surface area contributed by atoms with Crippen LogP contribution in [0.1, 0.15) is 24.0 Å². The van der Waals surface area contributed by atoms with Gasteiger partial charge in [0, 0.05) is 48.8 Å². The molecule has 1 amide bonds. The number of hydrogen-bond acceptors (Lipinski definition) is 9. The average Bonchev–Trinajstić information content (AvgIpc) is 3.00. The standard InChI is InChI=1S/C32H36N6O4/c1-21-6-5-7-22(2)30(21)38(32(39)42-27-13-12-26(40-3)20-28(27)41-4)29-14-17-34-31(36-29)35-24-8-10-25(11-9-24)37-18-15-23(33)16-19-37/h5-14,17,20,23H,15-16,18-19,33H2,1-4H3,(H,34,35,36). The van der Waals surface area contributed by atoms with Gasteiger partial charge in [0.2, 0.25) is 5.95 Å². The van der Waals surface area contributed by atoms with E-state index < -0.39 is 6.09 Å². The summed E-state index contributed by atoms with van der Waals surface area (Å²) in [5, 5.41) is 3.26. The summed E-state index contributed by atoms with van der Waals surface area (Å²) in [5.41, 5.74) is 10.5. The molecule has 10 nitrogen and oxygen atoms in total. The van der Waals surface area contributed by atoms with Crippen molar-refractivity contribution in [2.24, 2.45) is 5.73 Å². The zero-order valence-electron chi connectivity index (χ0n) is 24.3. The van der Waals surface area contributed by atoms with Crippen LogP contribution in [0.5, 0.6) is 17.2 Å². The third kappa shape index (κ3) is 6.39. The summed E-state index contributed by atoms with van der Waals surface area (Å²) in [6.07, 6.45) is 2.94. The highest BCUT2D eigenvalue weighted by molar-refractivity contribution is 5.98. The molecule has 0 bridgehead atoms. The number of nitrogens with one attached hydrogen (secondary N) is 1. The lowest BCUT2D eigenvalue weighted by Gasteiger charge is -2.32. The number of piperidine rings is 1. The molecule has 218 valence electrons. The van der Waals surface area contributed by atoms with Crippen LogP contribution in [0.2, 0.25) is 0 Å². The van der Waals surface area contributed by atoms with Crippen molar-refractivity contribution in [3.8, 4) is 17.2 Å². The Morgan fingerprint density at radius 3 is 2.33 bits per heavy atom. The van der Waals surface area contributed by atoms with Gasteiger partial charge < -0.3 is 30.2 Å². The molecule has 4 aromatic rings. The van der Waals surface area contributed by atoms with Gasteiger partial charge in [-0.25, -0.2) is 14.7 Å². The van der Waals surface area contributed by atoms with Crippen LogP contribution in [-0.2, 0) is 0 Å². The number of rotatable bonds is 8. The minimum absolute atomic E-state index is 0.253. The Hall–Kier alpha value is -4.83. The first-order chi connectivity index (χ1) is 20.4. The second kappa shape index (κ2) is 12.8. The van der Waals surface area contributed by atoms with Crippen LogP contribution in [0.15, 0.2) is 72.9 Å². The van der Waals surface area contributed by atoms with E-state index in [0.717, 1.165) is 48.4 Å². The van der Waals surface area contributed by atoms with E-state index >= 15 is 0 Å². The fourth-order valence-electron chi connectivity index (χ4n) is 5.03. The number of nitrogens with zero attached hydrogens (tertiary/aromatic N) is 4. The molecule has 0 unspecified atom stereocenters. The van der Waals surface area contributed by atoms with Gasteiger partial charge in [-0.15, -0.1) is 0 Å². The second-order valence-electron chi connectivity index (χ2n) is 10.2. The number of methoxy groups -OCH3 is 2. The van der Waals surface area contributed by atoms with Crippen LogP contribution in [0.3, 0.4) is 0 Å². The highest BCUT2D eigenvalue weighted by Gasteiger charge is 2.26. The first kappa shape index (κ1) is 28.7. The molecule has 1 aliphatic rings. The van der Waals surface area contributed by atoms with Crippen molar-refractivity contribution in [2.75, 3.05) is 42.4 Å². The van der Waals surface area contributed by atoms with E-state index in [4.69, 9.17) is 24.9 Å². The number of para-hydroxylation sites is 1. The molecule has 2 heterocycles. The normalized spacial score (nSPS) is 13.4. The van der Waals surface area contributed by atoms with E-state index in [1.807, 2.05) is 44.2 Å². The van der Waals surface area contributed by atoms with Crippen LogP contribution >= 0.6 is 0 Å². The molecule has 0 atom stereocenters. The van der Waals surface area contributed by atoms with E-state index in [-0.39, 0.29) is 11.8 Å². The molecule has 1 fully saturated rings. The van der Waals surface area contributed by atoms with Crippen molar-refractivity contribution in [1.29, 1.82) is 0 Å². The van der Waals surface area contributed by atoms with E-state index in [1.54, 1.807) is 37.6 Å². The third-order valence-corrected chi connectivity index (χ3v) is 7.31. The summed E-state index contributed by atoms with van der Waals surface area (Å²) in [7, 11) is 3.06. The van der Waals surface area contributed by atoms with Gasteiger partial charge >= 0.3 is 6.09 Å². The Balaban J connectivity index is 1.42. The first-order valence-corrected chi connectivity index (χ1v) is 13.9. The maximum absolute atomic E-state index is 13.8. The Morgan fingerprint density at radius 2 is 1.67 bits per heavy atom. The Morgan fingerprint density at radius 1 is 0.952 bits per heavy atom. The van der Waals surface area contributed by atoms with Gasteiger partial charge in [0.15, 0.2) is 11.5 Å². The molecule has 3 aromatic carbocycles. The molecule has 42 heavy (non-hydrogen) atoms. The van der Waals surface area contributed by atoms with Gasteiger partial charge in [0.25, 0.3) is 0 Å². The molecule has 0 aliphatic carbocycles. The number of carbonyl (C=O) groups excluding carboxylic acids is 1. The van der Waals surface area contributed by atoms with E-state index in [9.17, 15) is 4.79 Å². The maximum Gasteiger partial charge on any atom is 0.425 e. The quantitative estimate of drug-likeness (QED) is 0.259.